The minimum absolute atomic E-state index is 0.0281. The highest BCUT2D eigenvalue weighted by molar-refractivity contribution is 5.91. The Kier molecular flexibility index (Phi) is 7.45. The van der Waals surface area contributed by atoms with Gasteiger partial charge in [0.15, 0.2) is 5.69 Å². The highest BCUT2D eigenvalue weighted by Gasteiger charge is 2.34. The van der Waals surface area contributed by atoms with E-state index in [-0.39, 0.29) is 23.4 Å². The summed E-state index contributed by atoms with van der Waals surface area (Å²) in [5.74, 6) is -2.17. The number of aromatic nitrogens is 2. The molecular weight excluding hydrogens is 420 g/mol. The fraction of sp³-hybridized carbons (Fsp3) is 0.269. The highest BCUT2D eigenvalue weighted by atomic mass is 16.5. The minimum Gasteiger partial charge on any atom is -0.466 e. The van der Waals surface area contributed by atoms with Crippen LogP contribution in [-0.2, 0) is 14.3 Å². The van der Waals surface area contributed by atoms with Gasteiger partial charge in [0.2, 0.25) is 0 Å². The van der Waals surface area contributed by atoms with Crippen LogP contribution in [0.3, 0.4) is 0 Å². The van der Waals surface area contributed by atoms with E-state index < -0.39 is 24.0 Å². The molecule has 1 N–H and O–H groups in total. The van der Waals surface area contributed by atoms with Gasteiger partial charge in [-0.3, -0.25) is 0 Å². The summed E-state index contributed by atoms with van der Waals surface area (Å²) in [7, 11) is 1.26. The van der Waals surface area contributed by atoms with E-state index in [1.54, 1.807) is 13.1 Å². The third-order valence-corrected chi connectivity index (χ3v) is 5.40. The number of carbonyl (C=O) groups is 2. The largest absolute Gasteiger partial charge is 0.466 e. The summed E-state index contributed by atoms with van der Waals surface area (Å²) in [6.07, 6.45) is 0.269. The molecule has 0 aliphatic heterocycles. The van der Waals surface area contributed by atoms with Gasteiger partial charge in [-0.25, -0.2) is 14.3 Å². The van der Waals surface area contributed by atoms with Gasteiger partial charge < -0.3 is 14.6 Å². The van der Waals surface area contributed by atoms with Crippen LogP contribution in [0.15, 0.2) is 66.9 Å². The summed E-state index contributed by atoms with van der Waals surface area (Å²) < 4.78 is 11.6. The van der Waals surface area contributed by atoms with Crippen LogP contribution in [0.1, 0.15) is 51.7 Å². The van der Waals surface area contributed by atoms with Gasteiger partial charge in [-0.05, 0) is 38.5 Å². The number of esters is 2. The Morgan fingerprint density at radius 2 is 1.64 bits per heavy atom. The number of carbonyl (C=O) groups excluding carboxylic acids is 2. The van der Waals surface area contributed by atoms with Gasteiger partial charge in [-0.15, -0.1) is 0 Å². The highest BCUT2D eigenvalue weighted by Crippen LogP contribution is 2.38. The maximum absolute atomic E-state index is 12.7. The Bertz CT molecular complexity index is 1150. The Morgan fingerprint density at radius 3 is 2.18 bits per heavy atom. The number of hydrogen-bond donors (Lipinski definition) is 1. The summed E-state index contributed by atoms with van der Waals surface area (Å²) in [5, 5.41) is 15.9. The van der Waals surface area contributed by atoms with Crippen molar-refractivity contribution >= 4 is 11.9 Å². The van der Waals surface area contributed by atoms with Crippen molar-refractivity contribution in [3.05, 3.63) is 94.8 Å². The summed E-state index contributed by atoms with van der Waals surface area (Å²) in [6, 6.07) is 14.9. The lowest BCUT2D eigenvalue weighted by Gasteiger charge is -2.24. The second-order valence-corrected chi connectivity index (χ2v) is 7.78. The molecule has 0 bridgehead atoms. The number of rotatable bonds is 8. The summed E-state index contributed by atoms with van der Waals surface area (Å²) in [5.41, 5.74) is 3.72. The van der Waals surface area contributed by atoms with E-state index in [1.807, 2.05) is 62.4 Å². The lowest BCUT2D eigenvalue weighted by Crippen LogP contribution is -2.21. The van der Waals surface area contributed by atoms with E-state index in [0.717, 1.165) is 11.1 Å². The summed E-state index contributed by atoms with van der Waals surface area (Å²) in [4.78, 5) is 25.1. The third-order valence-electron chi connectivity index (χ3n) is 5.40. The molecule has 0 saturated heterocycles. The van der Waals surface area contributed by atoms with Crippen LogP contribution in [0.5, 0.6) is 0 Å². The van der Waals surface area contributed by atoms with Gasteiger partial charge in [-0.2, -0.15) is 5.10 Å². The number of methoxy groups -OCH3 is 1. The van der Waals surface area contributed by atoms with E-state index >= 15 is 0 Å². The topological polar surface area (TPSA) is 90.6 Å². The van der Waals surface area contributed by atoms with Crippen LogP contribution in [0.25, 0.3) is 5.69 Å². The van der Waals surface area contributed by atoms with E-state index in [1.165, 1.54) is 11.8 Å². The number of ether oxygens (including phenoxy) is 2. The molecule has 0 spiro atoms. The lowest BCUT2D eigenvalue weighted by atomic mass is 9.83. The molecule has 2 aromatic carbocycles. The zero-order valence-electron chi connectivity index (χ0n) is 19.2. The molecule has 1 heterocycles. The van der Waals surface area contributed by atoms with Crippen molar-refractivity contribution in [3.63, 3.8) is 0 Å². The number of benzene rings is 2. The molecule has 33 heavy (non-hydrogen) atoms. The van der Waals surface area contributed by atoms with Gasteiger partial charge in [0.25, 0.3) is 0 Å². The minimum atomic E-state index is -1.31. The molecule has 0 fully saturated rings. The predicted octanol–water partition coefficient (Wildman–Crippen LogP) is 4.21. The first-order valence-electron chi connectivity index (χ1n) is 10.6. The predicted molar refractivity (Wildman–Crippen MR) is 124 cm³/mol. The molecule has 0 saturated carbocycles. The fourth-order valence-corrected chi connectivity index (χ4v) is 3.58. The van der Waals surface area contributed by atoms with Crippen LogP contribution in [0.4, 0.5) is 0 Å². The van der Waals surface area contributed by atoms with Crippen molar-refractivity contribution in [1.82, 2.24) is 9.78 Å². The Morgan fingerprint density at radius 1 is 1.06 bits per heavy atom. The van der Waals surface area contributed by atoms with Crippen molar-refractivity contribution in [1.29, 1.82) is 0 Å². The summed E-state index contributed by atoms with van der Waals surface area (Å²) in [6.45, 7) is 9.64. The molecule has 3 aromatic rings. The van der Waals surface area contributed by atoms with E-state index in [2.05, 4.69) is 11.7 Å². The molecule has 0 amide bonds. The van der Waals surface area contributed by atoms with E-state index in [0.29, 0.717) is 11.3 Å². The molecule has 2 atom stereocenters. The van der Waals surface area contributed by atoms with E-state index in [4.69, 9.17) is 9.47 Å². The molecule has 0 unspecified atom stereocenters. The first-order chi connectivity index (χ1) is 15.8. The lowest BCUT2D eigenvalue weighted by molar-refractivity contribution is -0.136. The Hall–Kier alpha value is -3.71. The van der Waals surface area contributed by atoms with Crippen molar-refractivity contribution in [3.8, 4) is 5.69 Å². The number of aryl methyl sites for hydroxylation is 2. The monoisotopic (exact) mass is 448 g/mol. The average Bonchev–Trinajstić information content (AvgIpc) is 3.26. The Labute approximate surface area is 193 Å². The zero-order chi connectivity index (χ0) is 24.1. The number of nitrogens with zero attached hydrogens (tertiary/aromatic N) is 2. The molecule has 7 nitrogen and oxygen atoms in total. The Balaban J connectivity index is 2.13. The summed E-state index contributed by atoms with van der Waals surface area (Å²) >= 11 is 0. The fourth-order valence-electron chi connectivity index (χ4n) is 3.58. The van der Waals surface area contributed by atoms with Gasteiger partial charge in [0.1, 0.15) is 0 Å². The second-order valence-electron chi connectivity index (χ2n) is 7.78. The molecule has 0 aliphatic rings. The molecule has 7 heteroatoms. The van der Waals surface area contributed by atoms with Gasteiger partial charge in [0.05, 0.1) is 25.5 Å². The molecular formula is C26H28N2O5. The average molecular weight is 449 g/mol. The zero-order valence-corrected chi connectivity index (χ0v) is 19.2. The van der Waals surface area contributed by atoms with Crippen LogP contribution >= 0.6 is 0 Å². The molecule has 1 aromatic heterocycles. The maximum atomic E-state index is 12.7. The van der Waals surface area contributed by atoms with Crippen LogP contribution < -0.4 is 0 Å². The van der Waals surface area contributed by atoms with Crippen LogP contribution in [0.2, 0.25) is 0 Å². The first-order valence-corrected chi connectivity index (χ1v) is 10.6. The second kappa shape index (κ2) is 10.3. The number of aliphatic hydroxyl groups is 1. The SMILES string of the molecule is C=C(C(=O)OC)[C@@H](c1ccc(C)cc1)[C@@H](O)c1cn(-c2ccc(C)cc2)nc1C(=O)OCC. The molecule has 172 valence electrons. The normalized spacial score (nSPS) is 12.6. The first kappa shape index (κ1) is 23.9. The smallest absolute Gasteiger partial charge is 0.359 e. The van der Waals surface area contributed by atoms with Crippen molar-refractivity contribution in [2.24, 2.45) is 0 Å². The third kappa shape index (κ3) is 5.21. The van der Waals surface area contributed by atoms with Crippen molar-refractivity contribution < 1.29 is 24.2 Å². The van der Waals surface area contributed by atoms with Crippen molar-refractivity contribution in [2.75, 3.05) is 13.7 Å². The molecule has 3 rings (SSSR count). The van der Waals surface area contributed by atoms with Gasteiger partial charge in [0, 0.05) is 23.3 Å². The standard InChI is InChI=1S/C26H28N2O5/c1-6-33-26(31)23-21(15-28(27-23)20-13-9-17(3)10-14-20)24(29)22(18(4)25(30)32-5)19-11-7-16(2)8-12-19/h7-15,22,24,29H,4,6H2,1-3,5H3/t22-,24-/m0/s1. The van der Waals surface area contributed by atoms with Gasteiger partial charge >= 0.3 is 11.9 Å². The van der Waals surface area contributed by atoms with Crippen LogP contribution in [0, 0.1) is 13.8 Å². The van der Waals surface area contributed by atoms with Gasteiger partial charge in [-0.1, -0.05) is 54.1 Å². The maximum Gasteiger partial charge on any atom is 0.359 e. The number of aliphatic hydroxyl groups excluding tert-OH is 1. The van der Waals surface area contributed by atoms with Crippen LogP contribution in [-0.4, -0.2) is 40.5 Å². The molecule has 0 radical (unpaired) electrons. The van der Waals surface area contributed by atoms with Crippen molar-refractivity contribution in [2.45, 2.75) is 32.8 Å². The quantitative estimate of drug-likeness (QED) is 0.410. The number of hydrogen-bond acceptors (Lipinski definition) is 6. The molecule has 0 aliphatic carbocycles. The van der Waals surface area contributed by atoms with E-state index in [9.17, 15) is 14.7 Å².